The number of rotatable bonds is 5. The summed E-state index contributed by atoms with van der Waals surface area (Å²) in [7, 11) is 0. The van der Waals surface area contributed by atoms with E-state index in [9.17, 15) is 0 Å². The van der Waals surface area contributed by atoms with E-state index in [-0.39, 0.29) is 5.54 Å². The van der Waals surface area contributed by atoms with Crippen LogP contribution in [-0.4, -0.2) is 15.7 Å². The largest absolute Gasteiger partial charge is 0.339 e. The maximum atomic E-state index is 6.24. The fraction of sp³-hybridized carbons (Fsp3) is 0.857. The lowest BCUT2D eigenvalue weighted by Crippen LogP contribution is -2.48. The van der Waals surface area contributed by atoms with E-state index in [0.717, 1.165) is 42.8 Å². The summed E-state index contributed by atoms with van der Waals surface area (Å²) in [5.41, 5.74) is 6.18. The highest BCUT2D eigenvalue weighted by Crippen LogP contribution is 2.53. The summed E-state index contributed by atoms with van der Waals surface area (Å²) in [6.07, 6.45) is 9.61. The molecule has 2 N–H and O–H groups in total. The van der Waals surface area contributed by atoms with E-state index in [4.69, 9.17) is 10.3 Å². The molecule has 4 rings (SSSR count). The average Bonchev–Trinajstić information content (AvgIpc) is 3.20. The topological polar surface area (TPSA) is 64.9 Å². The molecule has 1 aromatic heterocycles. The van der Waals surface area contributed by atoms with Gasteiger partial charge in [-0.25, -0.2) is 0 Å². The van der Waals surface area contributed by atoms with Crippen molar-refractivity contribution in [1.82, 2.24) is 10.1 Å². The van der Waals surface area contributed by atoms with Gasteiger partial charge in [0.1, 0.15) is 0 Å². The van der Waals surface area contributed by atoms with Crippen LogP contribution in [0.2, 0.25) is 0 Å². The molecular formula is C14H21N3O. The predicted octanol–water partition coefficient (Wildman–Crippen LogP) is 2.40. The molecule has 0 aromatic carbocycles. The third-order valence-electron chi connectivity index (χ3n) is 4.89. The third-order valence-corrected chi connectivity index (χ3v) is 4.89. The molecule has 1 heterocycles. The Kier molecular flexibility index (Phi) is 2.31. The molecule has 3 aliphatic carbocycles. The molecule has 18 heavy (non-hydrogen) atoms. The minimum atomic E-state index is -0.0571. The number of nitrogens with zero attached hydrogens (tertiary/aromatic N) is 2. The van der Waals surface area contributed by atoms with Crippen molar-refractivity contribution in [3.8, 4) is 0 Å². The van der Waals surface area contributed by atoms with Crippen LogP contribution in [0.1, 0.15) is 62.6 Å². The number of aromatic nitrogens is 2. The van der Waals surface area contributed by atoms with Gasteiger partial charge in [-0.05, 0) is 56.8 Å². The van der Waals surface area contributed by atoms with E-state index in [1.165, 1.54) is 32.1 Å². The van der Waals surface area contributed by atoms with E-state index in [1.54, 1.807) is 0 Å². The molecule has 3 fully saturated rings. The highest BCUT2D eigenvalue weighted by molar-refractivity contribution is 5.10. The number of hydrogen-bond acceptors (Lipinski definition) is 4. The van der Waals surface area contributed by atoms with Crippen molar-refractivity contribution in [2.75, 3.05) is 0 Å². The zero-order valence-corrected chi connectivity index (χ0v) is 10.8. The van der Waals surface area contributed by atoms with E-state index in [2.05, 4.69) is 10.1 Å². The van der Waals surface area contributed by atoms with E-state index >= 15 is 0 Å². The molecule has 0 radical (unpaired) electrons. The van der Waals surface area contributed by atoms with Gasteiger partial charge in [-0.2, -0.15) is 4.98 Å². The lowest BCUT2D eigenvalue weighted by atomic mass is 9.75. The molecule has 0 unspecified atom stereocenters. The molecule has 3 aliphatic rings. The minimum Gasteiger partial charge on any atom is -0.339 e. The van der Waals surface area contributed by atoms with Crippen LogP contribution in [0.4, 0.5) is 0 Å². The zero-order chi connectivity index (χ0) is 12.2. The smallest absolute Gasteiger partial charge is 0.228 e. The Hall–Kier alpha value is -0.900. The minimum absolute atomic E-state index is 0.0571. The molecule has 1 aromatic rings. The van der Waals surface area contributed by atoms with E-state index in [0.29, 0.717) is 5.92 Å². The summed E-state index contributed by atoms with van der Waals surface area (Å²) >= 11 is 0. The van der Waals surface area contributed by atoms with Gasteiger partial charge in [0.15, 0.2) is 5.82 Å². The molecule has 0 aliphatic heterocycles. The number of hydrogen-bond donors (Lipinski definition) is 1. The second-order valence-corrected chi connectivity index (χ2v) is 6.64. The van der Waals surface area contributed by atoms with Gasteiger partial charge in [-0.3, -0.25) is 0 Å². The Bertz CT molecular complexity index is 432. The Labute approximate surface area is 107 Å². The van der Waals surface area contributed by atoms with Crippen LogP contribution in [-0.2, 0) is 6.42 Å². The molecule has 0 bridgehead atoms. The molecule has 0 saturated heterocycles. The molecule has 4 heteroatoms. The van der Waals surface area contributed by atoms with Gasteiger partial charge in [0.2, 0.25) is 5.89 Å². The predicted molar refractivity (Wildman–Crippen MR) is 67.0 cm³/mol. The number of nitrogens with two attached hydrogens (primary N) is 1. The quantitative estimate of drug-likeness (QED) is 0.867. The van der Waals surface area contributed by atoms with Crippen molar-refractivity contribution in [3.05, 3.63) is 11.7 Å². The summed E-state index contributed by atoms with van der Waals surface area (Å²) < 4.78 is 5.43. The first kappa shape index (κ1) is 11.0. The summed E-state index contributed by atoms with van der Waals surface area (Å²) in [5, 5.41) is 4.24. The van der Waals surface area contributed by atoms with Crippen molar-refractivity contribution in [2.45, 2.75) is 62.8 Å². The highest BCUT2D eigenvalue weighted by Gasteiger charge is 2.45. The van der Waals surface area contributed by atoms with Crippen LogP contribution in [0.5, 0.6) is 0 Å². The first-order valence-corrected chi connectivity index (χ1v) is 7.35. The Balaban J connectivity index is 1.50. The summed E-state index contributed by atoms with van der Waals surface area (Å²) in [6, 6.07) is 0. The Morgan fingerprint density at radius 3 is 2.39 bits per heavy atom. The van der Waals surface area contributed by atoms with Crippen molar-refractivity contribution >= 4 is 0 Å². The van der Waals surface area contributed by atoms with Crippen molar-refractivity contribution in [2.24, 2.45) is 17.6 Å². The maximum absolute atomic E-state index is 6.24. The second-order valence-electron chi connectivity index (χ2n) is 6.64. The van der Waals surface area contributed by atoms with Crippen molar-refractivity contribution in [1.29, 1.82) is 0 Å². The van der Waals surface area contributed by atoms with Gasteiger partial charge in [0.05, 0.1) is 0 Å². The first-order valence-electron chi connectivity index (χ1n) is 7.35. The molecule has 0 spiro atoms. The van der Waals surface area contributed by atoms with Crippen LogP contribution in [0.15, 0.2) is 4.52 Å². The second kappa shape index (κ2) is 3.80. The van der Waals surface area contributed by atoms with Gasteiger partial charge < -0.3 is 10.3 Å². The first-order chi connectivity index (χ1) is 8.73. The molecule has 0 amide bonds. The molecule has 3 saturated carbocycles. The van der Waals surface area contributed by atoms with Crippen LogP contribution in [0, 0.1) is 11.8 Å². The highest BCUT2D eigenvalue weighted by atomic mass is 16.5. The summed E-state index contributed by atoms with van der Waals surface area (Å²) in [5.74, 6) is 3.98. The van der Waals surface area contributed by atoms with Gasteiger partial charge >= 0.3 is 0 Å². The molecular weight excluding hydrogens is 226 g/mol. The van der Waals surface area contributed by atoms with Crippen molar-refractivity contribution in [3.63, 3.8) is 0 Å². The van der Waals surface area contributed by atoms with Crippen LogP contribution in [0.3, 0.4) is 0 Å². The maximum Gasteiger partial charge on any atom is 0.228 e. The van der Waals surface area contributed by atoms with Crippen LogP contribution >= 0.6 is 0 Å². The third kappa shape index (κ3) is 1.96. The van der Waals surface area contributed by atoms with E-state index < -0.39 is 0 Å². The lowest BCUT2D eigenvalue weighted by molar-refractivity contribution is 0.221. The molecule has 98 valence electrons. The zero-order valence-electron chi connectivity index (χ0n) is 10.8. The standard InChI is InChI=1S/C14H21N3O/c15-14(6-1-7-14)8-11-16-13(17-18-11)12(9-2-3-9)10-4-5-10/h9-10,12H,1-8,15H2. The van der Waals surface area contributed by atoms with Gasteiger partial charge in [0.25, 0.3) is 0 Å². The SMILES string of the molecule is NC1(Cc2nc(C(C3CC3)C3CC3)no2)CCC1. The van der Waals surface area contributed by atoms with Gasteiger partial charge in [0, 0.05) is 17.9 Å². The van der Waals surface area contributed by atoms with Gasteiger partial charge in [-0.1, -0.05) is 5.16 Å². The molecule has 0 atom stereocenters. The fourth-order valence-electron chi connectivity index (χ4n) is 3.30. The Morgan fingerprint density at radius 2 is 1.89 bits per heavy atom. The molecule has 4 nitrogen and oxygen atoms in total. The lowest BCUT2D eigenvalue weighted by Gasteiger charge is -2.36. The Morgan fingerprint density at radius 1 is 1.22 bits per heavy atom. The normalized spacial score (nSPS) is 26.3. The fourth-order valence-corrected chi connectivity index (χ4v) is 3.30. The van der Waals surface area contributed by atoms with Crippen LogP contribution in [0.25, 0.3) is 0 Å². The van der Waals surface area contributed by atoms with Gasteiger partial charge in [-0.15, -0.1) is 0 Å². The monoisotopic (exact) mass is 247 g/mol. The summed E-state index contributed by atoms with van der Waals surface area (Å²) in [6.45, 7) is 0. The van der Waals surface area contributed by atoms with E-state index in [1.807, 2.05) is 0 Å². The van der Waals surface area contributed by atoms with Crippen LogP contribution < -0.4 is 5.73 Å². The average molecular weight is 247 g/mol. The van der Waals surface area contributed by atoms with Crippen molar-refractivity contribution < 1.29 is 4.52 Å². The summed E-state index contributed by atoms with van der Waals surface area (Å²) in [4.78, 5) is 4.64.